The molecule has 0 spiro atoms. The van der Waals surface area contributed by atoms with Gasteiger partial charge >= 0.3 is 0 Å². The van der Waals surface area contributed by atoms with Crippen LogP contribution in [0.4, 0.5) is 0 Å². The lowest BCUT2D eigenvalue weighted by Crippen LogP contribution is -2.42. The van der Waals surface area contributed by atoms with Crippen LogP contribution in [0.15, 0.2) is 29.2 Å². The Balaban J connectivity index is 1.75. The number of carbonyl (C=O) groups excluding carboxylic acids is 1. The van der Waals surface area contributed by atoms with E-state index in [1.807, 2.05) is 24.3 Å². The van der Waals surface area contributed by atoms with Gasteiger partial charge in [0, 0.05) is 22.5 Å². The molecule has 0 aliphatic heterocycles. The Labute approximate surface area is 116 Å². The maximum absolute atomic E-state index is 11.8. The summed E-state index contributed by atoms with van der Waals surface area (Å²) in [6.07, 6.45) is 2.37. The number of hydrogen-bond donors (Lipinski definition) is 2. The van der Waals surface area contributed by atoms with Crippen molar-refractivity contribution in [1.82, 2.24) is 5.32 Å². The lowest BCUT2D eigenvalue weighted by molar-refractivity contribution is -0.119. The molecule has 1 aromatic carbocycles. The second kappa shape index (κ2) is 6.45. The molecule has 18 heavy (non-hydrogen) atoms. The Morgan fingerprint density at radius 1 is 1.44 bits per heavy atom. The molecular formula is C13H17ClN2OS. The molecule has 2 rings (SSSR count). The first-order valence-electron chi connectivity index (χ1n) is 6.07. The van der Waals surface area contributed by atoms with Gasteiger partial charge in [-0.2, -0.15) is 0 Å². The minimum atomic E-state index is 0.0531. The van der Waals surface area contributed by atoms with E-state index < -0.39 is 0 Å². The smallest absolute Gasteiger partial charge is 0.230 e. The maximum atomic E-state index is 11.8. The topological polar surface area (TPSA) is 55.1 Å². The Morgan fingerprint density at radius 2 is 2.11 bits per heavy atom. The van der Waals surface area contributed by atoms with Gasteiger partial charge in [-0.25, -0.2) is 0 Å². The third-order valence-corrected chi connectivity index (χ3v) is 4.24. The summed E-state index contributed by atoms with van der Waals surface area (Å²) in [6, 6.07) is 7.65. The number of nitrogens with two attached hydrogens (primary N) is 1. The molecule has 3 nitrogen and oxygen atoms in total. The van der Waals surface area contributed by atoms with Gasteiger partial charge in [0.1, 0.15) is 0 Å². The normalized spacial score (nSPS) is 16.3. The first-order chi connectivity index (χ1) is 8.69. The molecule has 1 fully saturated rings. The second-order valence-corrected chi connectivity index (χ2v) is 5.97. The fourth-order valence-electron chi connectivity index (χ4n) is 1.80. The minimum absolute atomic E-state index is 0.0531. The van der Waals surface area contributed by atoms with Gasteiger partial charge < -0.3 is 11.1 Å². The van der Waals surface area contributed by atoms with Crippen molar-refractivity contribution in [2.45, 2.75) is 23.8 Å². The van der Waals surface area contributed by atoms with Crippen LogP contribution >= 0.6 is 23.4 Å². The van der Waals surface area contributed by atoms with Crippen molar-refractivity contribution >= 4 is 29.3 Å². The highest BCUT2D eigenvalue weighted by molar-refractivity contribution is 8.00. The molecule has 3 N–H and O–H groups in total. The summed E-state index contributed by atoms with van der Waals surface area (Å²) < 4.78 is 0. The number of hydrogen-bond acceptors (Lipinski definition) is 3. The number of amides is 1. The van der Waals surface area contributed by atoms with Crippen LogP contribution in [0.5, 0.6) is 0 Å². The van der Waals surface area contributed by atoms with E-state index in [4.69, 9.17) is 17.3 Å². The SMILES string of the molecule is NCC(NC(=O)CSc1ccc(Cl)cc1)C1CC1. The van der Waals surface area contributed by atoms with Gasteiger partial charge in [0.15, 0.2) is 0 Å². The monoisotopic (exact) mass is 284 g/mol. The van der Waals surface area contributed by atoms with E-state index in [1.54, 1.807) is 0 Å². The van der Waals surface area contributed by atoms with E-state index in [-0.39, 0.29) is 11.9 Å². The number of halogens is 1. The third-order valence-electron chi connectivity index (χ3n) is 2.97. The average Bonchev–Trinajstić information content (AvgIpc) is 3.19. The highest BCUT2D eigenvalue weighted by Gasteiger charge is 2.31. The zero-order valence-corrected chi connectivity index (χ0v) is 11.6. The lowest BCUT2D eigenvalue weighted by Gasteiger charge is -2.15. The maximum Gasteiger partial charge on any atom is 0.230 e. The predicted octanol–water partition coefficient (Wildman–Crippen LogP) is 2.29. The Bertz CT molecular complexity index is 406. The van der Waals surface area contributed by atoms with Crippen LogP contribution in [0.3, 0.4) is 0 Å². The summed E-state index contributed by atoms with van der Waals surface area (Å²) >= 11 is 7.31. The molecule has 1 aliphatic rings. The standard InChI is InChI=1S/C13H17ClN2OS/c14-10-3-5-11(6-4-10)18-8-13(17)16-12(7-15)9-1-2-9/h3-6,9,12H,1-2,7-8,15H2,(H,16,17). The van der Waals surface area contributed by atoms with Gasteiger partial charge in [0.2, 0.25) is 5.91 Å². The second-order valence-electron chi connectivity index (χ2n) is 4.49. The molecule has 1 amide bonds. The zero-order chi connectivity index (χ0) is 13.0. The molecule has 5 heteroatoms. The molecule has 0 bridgehead atoms. The summed E-state index contributed by atoms with van der Waals surface area (Å²) in [5.74, 6) is 1.07. The van der Waals surface area contributed by atoms with Gasteiger partial charge in [-0.3, -0.25) is 4.79 Å². The molecule has 0 aromatic heterocycles. The van der Waals surface area contributed by atoms with Crippen LogP contribution in [-0.2, 0) is 4.79 Å². The van der Waals surface area contributed by atoms with Crippen LogP contribution in [0, 0.1) is 5.92 Å². The van der Waals surface area contributed by atoms with E-state index in [1.165, 1.54) is 24.6 Å². The summed E-state index contributed by atoms with van der Waals surface area (Å²) in [7, 11) is 0. The molecule has 1 atom stereocenters. The van der Waals surface area contributed by atoms with Crippen molar-refractivity contribution < 1.29 is 4.79 Å². The van der Waals surface area contributed by atoms with Crippen molar-refractivity contribution in [2.75, 3.05) is 12.3 Å². The van der Waals surface area contributed by atoms with E-state index in [9.17, 15) is 4.79 Å². The summed E-state index contributed by atoms with van der Waals surface area (Å²) in [4.78, 5) is 12.8. The quantitative estimate of drug-likeness (QED) is 0.788. The van der Waals surface area contributed by atoms with Crippen molar-refractivity contribution in [2.24, 2.45) is 11.7 Å². The van der Waals surface area contributed by atoms with Crippen LogP contribution in [0.1, 0.15) is 12.8 Å². The fourth-order valence-corrected chi connectivity index (χ4v) is 2.63. The predicted molar refractivity (Wildman–Crippen MR) is 75.9 cm³/mol. The minimum Gasteiger partial charge on any atom is -0.351 e. The molecule has 98 valence electrons. The van der Waals surface area contributed by atoms with Gasteiger partial charge in [-0.1, -0.05) is 11.6 Å². The van der Waals surface area contributed by atoms with E-state index in [0.29, 0.717) is 23.2 Å². The molecule has 1 aromatic rings. The fraction of sp³-hybridized carbons (Fsp3) is 0.462. The van der Waals surface area contributed by atoms with Crippen LogP contribution in [0.2, 0.25) is 5.02 Å². The number of thioether (sulfide) groups is 1. The van der Waals surface area contributed by atoms with E-state index in [2.05, 4.69) is 5.32 Å². The average molecular weight is 285 g/mol. The van der Waals surface area contributed by atoms with Gasteiger partial charge in [0.25, 0.3) is 0 Å². The number of benzene rings is 1. The van der Waals surface area contributed by atoms with Gasteiger partial charge in [0.05, 0.1) is 5.75 Å². The van der Waals surface area contributed by atoms with Crippen LogP contribution in [0.25, 0.3) is 0 Å². The highest BCUT2D eigenvalue weighted by atomic mass is 35.5. The Hall–Kier alpha value is -0.710. The molecule has 1 aliphatic carbocycles. The van der Waals surface area contributed by atoms with E-state index in [0.717, 1.165) is 4.90 Å². The van der Waals surface area contributed by atoms with Crippen molar-refractivity contribution in [3.05, 3.63) is 29.3 Å². The third kappa shape index (κ3) is 4.19. The van der Waals surface area contributed by atoms with E-state index >= 15 is 0 Å². The van der Waals surface area contributed by atoms with Gasteiger partial charge in [-0.15, -0.1) is 11.8 Å². The first kappa shape index (κ1) is 13.7. The molecular weight excluding hydrogens is 268 g/mol. The molecule has 1 saturated carbocycles. The summed E-state index contributed by atoms with van der Waals surface area (Å²) in [6.45, 7) is 0.530. The van der Waals surface area contributed by atoms with Crippen molar-refractivity contribution in [3.63, 3.8) is 0 Å². The number of nitrogens with one attached hydrogen (secondary N) is 1. The first-order valence-corrected chi connectivity index (χ1v) is 7.43. The van der Waals surface area contributed by atoms with Crippen LogP contribution < -0.4 is 11.1 Å². The number of carbonyl (C=O) groups is 1. The van der Waals surface area contributed by atoms with Crippen molar-refractivity contribution in [1.29, 1.82) is 0 Å². The summed E-state index contributed by atoms with van der Waals surface area (Å²) in [5.41, 5.74) is 5.65. The molecule has 0 heterocycles. The van der Waals surface area contributed by atoms with Crippen LogP contribution in [-0.4, -0.2) is 24.2 Å². The lowest BCUT2D eigenvalue weighted by atomic mass is 10.2. The highest BCUT2D eigenvalue weighted by Crippen LogP contribution is 2.32. The zero-order valence-electron chi connectivity index (χ0n) is 10.1. The van der Waals surface area contributed by atoms with Gasteiger partial charge in [-0.05, 0) is 43.0 Å². The number of rotatable bonds is 6. The van der Waals surface area contributed by atoms with Crippen molar-refractivity contribution in [3.8, 4) is 0 Å². The molecule has 0 saturated heterocycles. The largest absolute Gasteiger partial charge is 0.351 e. The molecule has 1 unspecified atom stereocenters. The Kier molecular flexibility index (Phi) is 4.92. The Morgan fingerprint density at radius 3 is 2.67 bits per heavy atom. The molecule has 0 radical (unpaired) electrons. The summed E-state index contributed by atoms with van der Waals surface area (Å²) in [5, 5.41) is 3.71.